The van der Waals surface area contributed by atoms with Gasteiger partial charge in [-0.15, -0.1) is 0 Å². The molecule has 0 aliphatic rings. The van der Waals surface area contributed by atoms with Gasteiger partial charge in [0.1, 0.15) is 0 Å². The van der Waals surface area contributed by atoms with Gasteiger partial charge in [0.15, 0.2) is 5.75 Å². The third-order valence-corrected chi connectivity index (χ3v) is 2.11. The van der Waals surface area contributed by atoms with Crippen LogP contribution < -0.4 is 10.3 Å². The van der Waals surface area contributed by atoms with Gasteiger partial charge in [-0.25, -0.2) is 0 Å². The van der Waals surface area contributed by atoms with Crippen molar-refractivity contribution >= 4 is 5.97 Å². The topological polar surface area (TPSA) is 88.8 Å². The number of aliphatic carboxylic acids is 1. The lowest BCUT2D eigenvalue weighted by Crippen LogP contribution is -2.22. The Morgan fingerprint density at radius 2 is 2.24 bits per heavy atom. The van der Waals surface area contributed by atoms with Gasteiger partial charge in [-0.3, -0.25) is 9.59 Å². The first-order valence-electron chi connectivity index (χ1n) is 5.30. The van der Waals surface area contributed by atoms with E-state index in [-0.39, 0.29) is 37.5 Å². The molecule has 94 valence electrons. The molecular formula is C11H15NO5. The molecule has 1 heterocycles. The van der Waals surface area contributed by atoms with E-state index in [1.54, 1.807) is 6.07 Å². The molecule has 0 unspecified atom stereocenters. The molecule has 0 saturated heterocycles. The maximum atomic E-state index is 11.8. The van der Waals surface area contributed by atoms with Crippen molar-refractivity contribution < 1.29 is 19.7 Å². The molecule has 0 aromatic carbocycles. The molecule has 0 fully saturated rings. The van der Waals surface area contributed by atoms with E-state index < -0.39 is 5.97 Å². The van der Waals surface area contributed by atoms with Gasteiger partial charge in [0, 0.05) is 25.8 Å². The van der Waals surface area contributed by atoms with Crippen LogP contribution in [-0.4, -0.2) is 34.0 Å². The molecule has 0 aliphatic heterocycles. The van der Waals surface area contributed by atoms with E-state index in [1.165, 1.54) is 16.8 Å². The average molecular weight is 241 g/mol. The molecule has 0 amide bonds. The quantitative estimate of drug-likeness (QED) is 0.660. The summed E-state index contributed by atoms with van der Waals surface area (Å²) in [4.78, 5) is 22.2. The summed E-state index contributed by atoms with van der Waals surface area (Å²) >= 11 is 0. The number of aliphatic hydroxyl groups is 1. The van der Waals surface area contributed by atoms with E-state index in [9.17, 15) is 9.59 Å². The van der Waals surface area contributed by atoms with Gasteiger partial charge < -0.3 is 19.5 Å². The Hall–Kier alpha value is -1.82. The van der Waals surface area contributed by atoms with Crippen LogP contribution in [0.1, 0.15) is 12.8 Å². The molecule has 0 atom stereocenters. The fraction of sp³-hybridized carbons (Fsp3) is 0.455. The summed E-state index contributed by atoms with van der Waals surface area (Å²) in [7, 11) is 0. The average Bonchev–Trinajstić information content (AvgIpc) is 2.30. The standard InChI is InChI=1S/C11H15NO5/c13-7-2-8-17-9-3-1-5-12(11(9)16)6-4-10(14)15/h1,3,5,13H,2,4,6-8H2,(H,14,15). The number of aliphatic hydroxyl groups excluding tert-OH is 1. The summed E-state index contributed by atoms with van der Waals surface area (Å²) in [6.07, 6.45) is 1.85. The molecule has 2 N–H and O–H groups in total. The molecule has 0 aliphatic carbocycles. The molecule has 6 heteroatoms. The van der Waals surface area contributed by atoms with Crippen molar-refractivity contribution in [1.82, 2.24) is 4.57 Å². The van der Waals surface area contributed by atoms with Gasteiger partial charge in [-0.1, -0.05) is 0 Å². The van der Waals surface area contributed by atoms with Crippen LogP contribution in [-0.2, 0) is 11.3 Å². The highest BCUT2D eigenvalue weighted by molar-refractivity contribution is 5.66. The van der Waals surface area contributed by atoms with Gasteiger partial charge >= 0.3 is 5.97 Å². The first-order chi connectivity index (χ1) is 8.15. The third-order valence-electron chi connectivity index (χ3n) is 2.11. The summed E-state index contributed by atoms with van der Waals surface area (Å²) in [6, 6.07) is 3.15. The van der Waals surface area contributed by atoms with Gasteiger partial charge in [-0.2, -0.15) is 0 Å². The second-order valence-corrected chi connectivity index (χ2v) is 3.44. The van der Waals surface area contributed by atoms with E-state index in [4.69, 9.17) is 14.9 Å². The number of carboxylic acid groups (broad SMARTS) is 1. The number of rotatable bonds is 7. The Labute approximate surface area is 98.1 Å². The Balaban J connectivity index is 2.69. The van der Waals surface area contributed by atoms with Crippen molar-refractivity contribution in [3.63, 3.8) is 0 Å². The summed E-state index contributed by atoms with van der Waals surface area (Å²) in [6.45, 7) is 0.375. The fourth-order valence-electron chi connectivity index (χ4n) is 1.26. The minimum atomic E-state index is -0.955. The summed E-state index contributed by atoms with van der Waals surface area (Å²) in [5, 5.41) is 17.1. The molecule has 1 aromatic heterocycles. The molecule has 0 saturated carbocycles. The third kappa shape index (κ3) is 4.28. The van der Waals surface area contributed by atoms with Crippen molar-refractivity contribution in [2.45, 2.75) is 19.4 Å². The van der Waals surface area contributed by atoms with Crippen molar-refractivity contribution in [3.8, 4) is 5.75 Å². The minimum absolute atomic E-state index is 0.0000380. The molecule has 0 bridgehead atoms. The Morgan fingerprint density at radius 3 is 2.88 bits per heavy atom. The predicted molar refractivity (Wildman–Crippen MR) is 60.2 cm³/mol. The molecule has 0 radical (unpaired) electrons. The number of aromatic nitrogens is 1. The van der Waals surface area contributed by atoms with Crippen LogP contribution in [0.5, 0.6) is 5.75 Å². The second-order valence-electron chi connectivity index (χ2n) is 3.44. The van der Waals surface area contributed by atoms with Gasteiger partial charge in [-0.05, 0) is 12.1 Å². The molecule has 1 aromatic rings. The van der Waals surface area contributed by atoms with Crippen LogP contribution in [0.2, 0.25) is 0 Å². The molecule has 0 spiro atoms. The van der Waals surface area contributed by atoms with Gasteiger partial charge in [0.05, 0.1) is 13.0 Å². The summed E-state index contributed by atoms with van der Waals surface area (Å²) in [5.74, 6) is -0.783. The SMILES string of the molecule is O=C(O)CCn1cccc(OCCCO)c1=O. The van der Waals surface area contributed by atoms with Crippen LogP contribution in [0, 0.1) is 0 Å². The maximum absolute atomic E-state index is 11.8. The number of nitrogens with zero attached hydrogens (tertiary/aromatic N) is 1. The number of aryl methyl sites for hydroxylation is 1. The Kier molecular flexibility index (Phi) is 5.22. The lowest BCUT2D eigenvalue weighted by Gasteiger charge is -2.07. The number of carboxylic acids is 1. The smallest absolute Gasteiger partial charge is 0.305 e. The largest absolute Gasteiger partial charge is 0.488 e. The van der Waals surface area contributed by atoms with Gasteiger partial charge in [0.25, 0.3) is 5.56 Å². The van der Waals surface area contributed by atoms with E-state index in [1.807, 2.05) is 0 Å². The van der Waals surface area contributed by atoms with Crippen molar-refractivity contribution in [2.24, 2.45) is 0 Å². The summed E-state index contributed by atoms with van der Waals surface area (Å²) in [5.41, 5.74) is -0.355. The van der Waals surface area contributed by atoms with E-state index in [0.29, 0.717) is 6.42 Å². The predicted octanol–water partition coefficient (Wildman–Crippen LogP) is 0.0842. The molecular weight excluding hydrogens is 226 g/mol. The fourth-order valence-corrected chi connectivity index (χ4v) is 1.26. The van der Waals surface area contributed by atoms with Crippen LogP contribution in [0.3, 0.4) is 0 Å². The van der Waals surface area contributed by atoms with Crippen LogP contribution in [0.15, 0.2) is 23.1 Å². The Bertz CT molecular complexity index is 426. The van der Waals surface area contributed by atoms with Crippen LogP contribution >= 0.6 is 0 Å². The Morgan fingerprint density at radius 1 is 1.47 bits per heavy atom. The number of ether oxygens (including phenoxy) is 1. The highest BCUT2D eigenvalue weighted by atomic mass is 16.5. The minimum Gasteiger partial charge on any atom is -0.488 e. The van der Waals surface area contributed by atoms with Crippen molar-refractivity contribution in [1.29, 1.82) is 0 Å². The van der Waals surface area contributed by atoms with Gasteiger partial charge in [0.2, 0.25) is 0 Å². The first-order valence-corrected chi connectivity index (χ1v) is 5.30. The first kappa shape index (κ1) is 13.2. The highest BCUT2D eigenvalue weighted by Crippen LogP contribution is 2.02. The van der Waals surface area contributed by atoms with E-state index >= 15 is 0 Å². The molecule has 1 rings (SSSR count). The van der Waals surface area contributed by atoms with E-state index in [0.717, 1.165) is 0 Å². The molecule has 17 heavy (non-hydrogen) atoms. The van der Waals surface area contributed by atoms with Crippen LogP contribution in [0.4, 0.5) is 0 Å². The zero-order chi connectivity index (χ0) is 12.7. The van der Waals surface area contributed by atoms with Crippen LogP contribution in [0.25, 0.3) is 0 Å². The number of carbonyl (C=O) groups is 1. The lowest BCUT2D eigenvalue weighted by atomic mass is 10.4. The number of hydrogen-bond donors (Lipinski definition) is 2. The molecule has 6 nitrogen and oxygen atoms in total. The lowest BCUT2D eigenvalue weighted by molar-refractivity contribution is -0.137. The van der Waals surface area contributed by atoms with E-state index in [2.05, 4.69) is 0 Å². The number of pyridine rings is 1. The van der Waals surface area contributed by atoms with Crippen molar-refractivity contribution in [3.05, 3.63) is 28.7 Å². The second kappa shape index (κ2) is 6.70. The monoisotopic (exact) mass is 241 g/mol. The summed E-state index contributed by atoms with van der Waals surface area (Å²) < 4.78 is 6.48. The normalized spacial score (nSPS) is 10.2. The number of hydrogen-bond acceptors (Lipinski definition) is 4. The van der Waals surface area contributed by atoms with Crippen molar-refractivity contribution in [2.75, 3.05) is 13.2 Å². The zero-order valence-electron chi connectivity index (χ0n) is 9.33. The highest BCUT2D eigenvalue weighted by Gasteiger charge is 2.05. The maximum Gasteiger partial charge on any atom is 0.305 e. The zero-order valence-corrected chi connectivity index (χ0v) is 9.33.